The Bertz CT molecular complexity index is 603. The van der Waals surface area contributed by atoms with Gasteiger partial charge in [0.2, 0.25) is 0 Å². The zero-order valence-electron chi connectivity index (χ0n) is 11.6. The third kappa shape index (κ3) is 2.78. The lowest BCUT2D eigenvalue weighted by Crippen LogP contribution is -2.49. The van der Waals surface area contributed by atoms with E-state index < -0.39 is 5.54 Å². The van der Waals surface area contributed by atoms with E-state index in [1.165, 1.54) is 11.0 Å². The van der Waals surface area contributed by atoms with Crippen molar-refractivity contribution in [2.24, 2.45) is 0 Å². The van der Waals surface area contributed by atoms with Gasteiger partial charge in [0.05, 0.1) is 17.8 Å². The number of hydrogen-bond donors (Lipinski definition) is 2. The van der Waals surface area contributed by atoms with Crippen molar-refractivity contribution in [1.29, 1.82) is 0 Å². The molecule has 2 N–H and O–H groups in total. The number of nitrogens with zero attached hydrogens (tertiary/aromatic N) is 4. The highest BCUT2D eigenvalue weighted by Gasteiger charge is 2.34. The van der Waals surface area contributed by atoms with Crippen LogP contribution in [-0.4, -0.2) is 43.4 Å². The summed E-state index contributed by atoms with van der Waals surface area (Å²) >= 11 is 0. The monoisotopic (exact) mass is 287 g/mol. The van der Waals surface area contributed by atoms with Gasteiger partial charge < -0.3 is 10.4 Å². The standard InChI is InChI=1S/C14H17N5O2/c20-9-14(7-1-2-8-14)16-13(21)11-3-5-12(6-4-11)19-10-15-17-18-19/h3-6,10,20H,1-2,7-9H2,(H,16,21). The molecule has 0 saturated heterocycles. The minimum absolute atomic E-state index is 0.0125. The SMILES string of the molecule is O=C(NC1(CO)CCCC1)c1ccc(-n2cnnn2)cc1. The number of amides is 1. The fourth-order valence-corrected chi connectivity index (χ4v) is 2.73. The van der Waals surface area contributed by atoms with Crippen LogP contribution in [0.5, 0.6) is 0 Å². The molecule has 1 aliphatic rings. The summed E-state index contributed by atoms with van der Waals surface area (Å²) in [5.41, 5.74) is 0.895. The van der Waals surface area contributed by atoms with E-state index in [0.717, 1.165) is 31.4 Å². The smallest absolute Gasteiger partial charge is 0.251 e. The molecular formula is C14H17N5O2. The van der Waals surface area contributed by atoms with Crippen LogP contribution in [0.15, 0.2) is 30.6 Å². The summed E-state index contributed by atoms with van der Waals surface area (Å²) < 4.78 is 1.52. The van der Waals surface area contributed by atoms with Gasteiger partial charge in [-0.05, 0) is 47.5 Å². The Balaban J connectivity index is 1.73. The first-order valence-electron chi connectivity index (χ1n) is 6.99. The van der Waals surface area contributed by atoms with E-state index in [2.05, 4.69) is 20.8 Å². The van der Waals surface area contributed by atoms with Crippen molar-refractivity contribution in [2.45, 2.75) is 31.2 Å². The molecule has 0 unspecified atom stereocenters. The van der Waals surface area contributed by atoms with E-state index in [1.807, 2.05) is 0 Å². The third-order valence-electron chi connectivity index (χ3n) is 3.99. The number of tetrazole rings is 1. The Kier molecular flexibility index (Phi) is 3.66. The van der Waals surface area contributed by atoms with E-state index in [1.54, 1.807) is 24.3 Å². The van der Waals surface area contributed by atoms with Crippen molar-refractivity contribution in [3.05, 3.63) is 36.2 Å². The Labute approximate surface area is 122 Å². The fraction of sp³-hybridized carbons (Fsp3) is 0.429. The molecule has 0 bridgehead atoms. The molecule has 1 saturated carbocycles. The van der Waals surface area contributed by atoms with E-state index in [4.69, 9.17) is 0 Å². The number of aliphatic hydroxyl groups is 1. The molecule has 1 aromatic heterocycles. The normalized spacial score (nSPS) is 16.8. The van der Waals surface area contributed by atoms with Gasteiger partial charge in [-0.2, -0.15) is 0 Å². The van der Waals surface area contributed by atoms with Crippen LogP contribution in [0.1, 0.15) is 36.0 Å². The number of benzene rings is 1. The summed E-state index contributed by atoms with van der Waals surface area (Å²) in [7, 11) is 0. The van der Waals surface area contributed by atoms with E-state index in [0.29, 0.717) is 5.56 Å². The Morgan fingerprint density at radius 1 is 1.29 bits per heavy atom. The number of rotatable bonds is 4. The fourth-order valence-electron chi connectivity index (χ4n) is 2.73. The maximum atomic E-state index is 12.3. The van der Waals surface area contributed by atoms with Gasteiger partial charge in [0.15, 0.2) is 0 Å². The molecule has 7 heteroatoms. The molecule has 7 nitrogen and oxygen atoms in total. The van der Waals surface area contributed by atoms with Crippen LogP contribution in [0.3, 0.4) is 0 Å². The van der Waals surface area contributed by atoms with Gasteiger partial charge in [0.25, 0.3) is 5.91 Å². The van der Waals surface area contributed by atoms with Gasteiger partial charge in [-0.1, -0.05) is 12.8 Å². The highest BCUT2D eigenvalue weighted by Crippen LogP contribution is 2.29. The summed E-state index contributed by atoms with van der Waals surface area (Å²) in [6.45, 7) is -0.0125. The molecule has 0 aliphatic heterocycles. The van der Waals surface area contributed by atoms with Crippen LogP contribution in [-0.2, 0) is 0 Å². The molecule has 1 aromatic carbocycles. The van der Waals surface area contributed by atoms with Crippen molar-refractivity contribution >= 4 is 5.91 Å². The van der Waals surface area contributed by atoms with Crippen LogP contribution in [0.25, 0.3) is 5.69 Å². The Hall–Kier alpha value is -2.28. The summed E-state index contributed by atoms with van der Waals surface area (Å²) in [6.07, 6.45) is 5.24. The second kappa shape index (κ2) is 5.61. The average Bonchev–Trinajstić information content (AvgIpc) is 3.19. The molecular weight excluding hydrogens is 270 g/mol. The first kappa shape index (κ1) is 13.7. The van der Waals surface area contributed by atoms with Crippen molar-refractivity contribution < 1.29 is 9.90 Å². The largest absolute Gasteiger partial charge is 0.394 e. The first-order valence-corrected chi connectivity index (χ1v) is 6.99. The lowest BCUT2D eigenvalue weighted by Gasteiger charge is -2.28. The summed E-state index contributed by atoms with van der Waals surface area (Å²) in [5.74, 6) is -0.158. The van der Waals surface area contributed by atoms with Crippen LogP contribution < -0.4 is 5.32 Å². The van der Waals surface area contributed by atoms with E-state index in [9.17, 15) is 9.90 Å². The van der Waals surface area contributed by atoms with Gasteiger partial charge in [-0.25, -0.2) is 4.68 Å². The van der Waals surface area contributed by atoms with Crippen molar-refractivity contribution in [1.82, 2.24) is 25.5 Å². The quantitative estimate of drug-likeness (QED) is 0.863. The van der Waals surface area contributed by atoms with Crippen LogP contribution >= 0.6 is 0 Å². The summed E-state index contributed by atoms with van der Waals surface area (Å²) in [6, 6.07) is 7.02. The molecule has 0 radical (unpaired) electrons. The topological polar surface area (TPSA) is 92.9 Å². The van der Waals surface area contributed by atoms with Crippen LogP contribution in [0.2, 0.25) is 0 Å². The molecule has 0 atom stereocenters. The average molecular weight is 287 g/mol. The predicted octanol–water partition coefficient (Wildman–Crippen LogP) is 0.697. The molecule has 2 aromatic rings. The number of aliphatic hydroxyl groups excluding tert-OH is 1. The highest BCUT2D eigenvalue weighted by atomic mass is 16.3. The van der Waals surface area contributed by atoms with Crippen LogP contribution in [0.4, 0.5) is 0 Å². The van der Waals surface area contributed by atoms with Gasteiger partial charge in [-0.15, -0.1) is 5.10 Å². The molecule has 1 fully saturated rings. The Morgan fingerprint density at radius 3 is 2.57 bits per heavy atom. The maximum absolute atomic E-state index is 12.3. The predicted molar refractivity (Wildman–Crippen MR) is 74.9 cm³/mol. The lowest BCUT2D eigenvalue weighted by molar-refractivity contribution is 0.0838. The number of aromatic nitrogens is 4. The van der Waals surface area contributed by atoms with Gasteiger partial charge in [-0.3, -0.25) is 4.79 Å². The highest BCUT2D eigenvalue weighted by molar-refractivity contribution is 5.94. The number of carbonyl (C=O) groups is 1. The Morgan fingerprint density at radius 2 is 2.00 bits per heavy atom. The van der Waals surface area contributed by atoms with Crippen molar-refractivity contribution in [3.8, 4) is 5.69 Å². The van der Waals surface area contributed by atoms with Crippen molar-refractivity contribution in [3.63, 3.8) is 0 Å². The molecule has 0 spiro atoms. The minimum Gasteiger partial charge on any atom is -0.394 e. The molecule has 1 amide bonds. The minimum atomic E-state index is -0.453. The summed E-state index contributed by atoms with van der Waals surface area (Å²) in [5, 5.41) is 23.4. The second-order valence-corrected chi connectivity index (χ2v) is 5.40. The lowest BCUT2D eigenvalue weighted by atomic mass is 9.98. The zero-order valence-corrected chi connectivity index (χ0v) is 11.6. The second-order valence-electron chi connectivity index (χ2n) is 5.40. The summed E-state index contributed by atoms with van der Waals surface area (Å²) in [4.78, 5) is 12.3. The molecule has 110 valence electrons. The molecule has 21 heavy (non-hydrogen) atoms. The van der Waals surface area contributed by atoms with Gasteiger partial charge in [0.1, 0.15) is 6.33 Å². The zero-order chi connectivity index (χ0) is 14.7. The van der Waals surface area contributed by atoms with Gasteiger partial charge in [0, 0.05) is 5.56 Å². The number of nitrogens with one attached hydrogen (secondary N) is 1. The molecule has 1 heterocycles. The molecule has 3 rings (SSSR count). The van der Waals surface area contributed by atoms with E-state index >= 15 is 0 Å². The number of carbonyl (C=O) groups excluding carboxylic acids is 1. The van der Waals surface area contributed by atoms with Gasteiger partial charge >= 0.3 is 0 Å². The van der Waals surface area contributed by atoms with Crippen LogP contribution in [0, 0.1) is 0 Å². The third-order valence-corrected chi connectivity index (χ3v) is 3.99. The maximum Gasteiger partial charge on any atom is 0.251 e. The van der Waals surface area contributed by atoms with Crippen molar-refractivity contribution in [2.75, 3.05) is 6.61 Å². The first-order chi connectivity index (χ1) is 10.2. The van der Waals surface area contributed by atoms with E-state index in [-0.39, 0.29) is 12.5 Å². The number of hydrogen-bond acceptors (Lipinski definition) is 5. The molecule has 1 aliphatic carbocycles.